The van der Waals surface area contributed by atoms with E-state index in [1.54, 1.807) is 13.1 Å². The molecule has 0 aliphatic carbocycles. The van der Waals surface area contributed by atoms with E-state index in [9.17, 15) is 5.11 Å². The molecule has 76 valence electrons. The summed E-state index contributed by atoms with van der Waals surface area (Å²) in [7, 11) is 1.78. The van der Waals surface area contributed by atoms with Crippen LogP contribution < -0.4 is 14.8 Å². The average molecular weight is 216 g/mol. The van der Waals surface area contributed by atoms with Crippen LogP contribution in [-0.2, 0) is 6.54 Å². The topological polar surface area (TPSA) is 50.7 Å². The molecule has 2 N–H and O–H groups in total. The SMILES string of the molecule is CNCc1c(O)c(Cl)cc2c1OCO2. The zero-order valence-electron chi connectivity index (χ0n) is 7.63. The van der Waals surface area contributed by atoms with Crippen LogP contribution in [0.1, 0.15) is 5.56 Å². The fourth-order valence-corrected chi connectivity index (χ4v) is 1.62. The molecule has 0 atom stereocenters. The molecule has 1 aliphatic rings. The summed E-state index contributed by atoms with van der Waals surface area (Å²) < 4.78 is 10.4. The lowest BCUT2D eigenvalue weighted by molar-refractivity contribution is 0.173. The molecule has 0 saturated heterocycles. The molecule has 1 aromatic carbocycles. The Morgan fingerprint density at radius 1 is 1.57 bits per heavy atom. The van der Waals surface area contributed by atoms with E-state index >= 15 is 0 Å². The van der Waals surface area contributed by atoms with Gasteiger partial charge in [-0.3, -0.25) is 0 Å². The number of phenols is 1. The molecule has 0 spiro atoms. The van der Waals surface area contributed by atoms with E-state index in [1.807, 2.05) is 0 Å². The van der Waals surface area contributed by atoms with Crippen molar-refractivity contribution >= 4 is 11.6 Å². The average Bonchev–Trinajstić information content (AvgIpc) is 2.60. The molecule has 0 radical (unpaired) electrons. The Hall–Kier alpha value is -1.13. The number of hydrogen-bond acceptors (Lipinski definition) is 4. The number of phenolic OH excluding ortho intramolecular Hbond substituents is 1. The highest BCUT2D eigenvalue weighted by molar-refractivity contribution is 6.32. The quantitative estimate of drug-likeness (QED) is 0.785. The van der Waals surface area contributed by atoms with Crippen molar-refractivity contribution < 1.29 is 14.6 Å². The molecular weight excluding hydrogens is 206 g/mol. The largest absolute Gasteiger partial charge is 0.506 e. The number of fused-ring (bicyclic) bond motifs is 1. The zero-order chi connectivity index (χ0) is 10.1. The first-order valence-electron chi connectivity index (χ1n) is 4.18. The maximum Gasteiger partial charge on any atom is 0.231 e. The van der Waals surface area contributed by atoms with E-state index in [1.165, 1.54) is 0 Å². The molecule has 0 amide bonds. The van der Waals surface area contributed by atoms with Crippen molar-refractivity contribution in [2.75, 3.05) is 13.8 Å². The van der Waals surface area contributed by atoms with Crippen molar-refractivity contribution in [3.05, 3.63) is 16.7 Å². The smallest absolute Gasteiger partial charge is 0.231 e. The number of halogens is 1. The minimum absolute atomic E-state index is 0.0465. The highest BCUT2D eigenvalue weighted by Crippen LogP contribution is 2.44. The van der Waals surface area contributed by atoms with Crippen LogP contribution in [0.5, 0.6) is 17.2 Å². The Balaban J connectivity index is 2.54. The second-order valence-electron chi connectivity index (χ2n) is 2.95. The molecule has 1 aliphatic heterocycles. The normalized spacial score (nSPS) is 13.3. The molecule has 0 saturated carbocycles. The number of benzene rings is 1. The van der Waals surface area contributed by atoms with Crippen LogP contribution in [-0.4, -0.2) is 18.9 Å². The first-order valence-corrected chi connectivity index (χ1v) is 4.56. The molecule has 4 nitrogen and oxygen atoms in total. The van der Waals surface area contributed by atoms with E-state index in [0.29, 0.717) is 23.6 Å². The van der Waals surface area contributed by atoms with Gasteiger partial charge in [0, 0.05) is 12.6 Å². The number of aromatic hydroxyl groups is 1. The van der Waals surface area contributed by atoms with Crippen LogP contribution in [0.15, 0.2) is 6.07 Å². The first kappa shape index (κ1) is 9.43. The van der Waals surface area contributed by atoms with Gasteiger partial charge in [-0.05, 0) is 7.05 Å². The maximum absolute atomic E-state index is 9.69. The molecule has 0 bridgehead atoms. The van der Waals surface area contributed by atoms with Gasteiger partial charge in [0.25, 0.3) is 0 Å². The van der Waals surface area contributed by atoms with Crippen molar-refractivity contribution in [2.24, 2.45) is 0 Å². The predicted molar refractivity (Wildman–Crippen MR) is 52.0 cm³/mol. The van der Waals surface area contributed by atoms with Gasteiger partial charge in [-0.15, -0.1) is 0 Å². The lowest BCUT2D eigenvalue weighted by Crippen LogP contribution is -2.06. The third-order valence-electron chi connectivity index (χ3n) is 2.04. The van der Waals surface area contributed by atoms with Gasteiger partial charge in [-0.1, -0.05) is 11.6 Å². The van der Waals surface area contributed by atoms with E-state index in [2.05, 4.69) is 5.32 Å². The summed E-state index contributed by atoms with van der Waals surface area (Å²) >= 11 is 5.82. The third-order valence-corrected chi connectivity index (χ3v) is 2.33. The van der Waals surface area contributed by atoms with E-state index in [-0.39, 0.29) is 17.6 Å². The van der Waals surface area contributed by atoms with Crippen LogP contribution in [0.4, 0.5) is 0 Å². The Bertz CT molecular complexity index is 368. The Labute approximate surface area is 86.4 Å². The Morgan fingerprint density at radius 2 is 2.36 bits per heavy atom. The summed E-state index contributed by atoms with van der Waals surface area (Å²) in [5.41, 5.74) is 0.632. The maximum atomic E-state index is 9.69. The first-order chi connectivity index (χ1) is 6.74. The number of rotatable bonds is 2. The fraction of sp³-hybridized carbons (Fsp3) is 0.333. The van der Waals surface area contributed by atoms with Crippen molar-refractivity contribution in [1.82, 2.24) is 5.32 Å². The molecule has 1 aromatic rings. The lowest BCUT2D eigenvalue weighted by atomic mass is 10.1. The summed E-state index contributed by atoms with van der Waals surface area (Å²) in [4.78, 5) is 0. The highest BCUT2D eigenvalue weighted by Gasteiger charge is 2.22. The highest BCUT2D eigenvalue weighted by atomic mass is 35.5. The minimum atomic E-state index is 0.0465. The monoisotopic (exact) mass is 215 g/mol. The van der Waals surface area contributed by atoms with Crippen LogP contribution in [0.3, 0.4) is 0 Å². The standard InChI is InChI=1S/C9H10ClNO3/c1-11-3-5-8(12)6(10)2-7-9(5)14-4-13-7/h2,11-12H,3-4H2,1H3. The van der Waals surface area contributed by atoms with Crippen LogP contribution >= 0.6 is 11.6 Å². The molecular formula is C9H10ClNO3. The van der Waals surface area contributed by atoms with Gasteiger partial charge in [-0.2, -0.15) is 0 Å². The van der Waals surface area contributed by atoms with Crippen molar-refractivity contribution in [2.45, 2.75) is 6.54 Å². The van der Waals surface area contributed by atoms with Crippen molar-refractivity contribution in [3.63, 3.8) is 0 Å². The van der Waals surface area contributed by atoms with E-state index < -0.39 is 0 Å². The summed E-state index contributed by atoms with van der Waals surface area (Å²) in [5.74, 6) is 1.20. The molecule has 1 heterocycles. The molecule has 0 fully saturated rings. The summed E-state index contributed by atoms with van der Waals surface area (Å²) in [5, 5.41) is 12.9. The molecule has 0 unspecified atom stereocenters. The molecule has 0 aromatic heterocycles. The fourth-order valence-electron chi connectivity index (χ4n) is 1.41. The third kappa shape index (κ3) is 1.36. The number of hydrogen-bond donors (Lipinski definition) is 2. The Kier molecular flexibility index (Phi) is 2.39. The summed E-state index contributed by atoms with van der Waals surface area (Å²) in [6.45, 7) is 0.657. The second kappa shape index (κ2) is 3.55. The second-order valence-corrected chi connectivity index (χ2v) is 3.36. The van der Waals surface area contributed by atoms with E-state index in [4.69, 9.17) is 21.1 Å². The molecule has 2 rings (SSSR count). The molecule has 14 heavy (non-hydrogen) atoms. The van der Waals surface area contributed by atoms with Gasteiger partial charge >= 0.3 is 0 Å². The van der Waals surface area contributed by atoms with Gasteiger partial charge in [0.2, 0.25) is 6.79 Å². The lowest BCUT2D eigenvalue weighted by Gasteiger charge is -2.08. The van der Waals surface area contributed by atoms with Gasteiger partial charge < -0.3 is 19.9 Å². The number of ether oxygens (including phenoxy) is 2. The summed E-state index contributed by atoms with van der Waals surface area (Å²) in [6, 6.07) is 1.55. The van der Waals surface area contributed by atoms with Crippen LogP contribution in [0, 0.1) is 0 Å². The van der Waals surface area contributed by atoms with Gasteiger partial charge in [0.05, 0.1) is 10.6 Å². The molecule has 5 heteroatoms. The van der Waals surface area contributed by atoms with E-state index in [0.717, 1.165) is 0 Å². The van der Waals surface area contributed by atoms with Crippen LogP contribution in [0.2, 0.25) is 5.02 Å². The van der Waals surface area contributed by atoms with Crippen LogP contribution in [0.25, 0.3) is 0 Å². The predicted octanol–water partition coefficient (Wildman–Crippen LogP) is 1.49. The van der Waals surface area contributed by atoms with Gasteiger partial charge in [0.1, 0.15) is 5.75 Å². The van der Waals surface area contributed by atoms with Gasteiger partial charge in [0.15, 0.2) is 11.5 Å². The van der Waals surface area contributed by atoms with Crippen molar-refractivity contribution in [1.29, 1.82) is 0 Å². The zero-order valence-corrected chi connectivity index (χ0v) is 8.39. The van der Waals surface area contributed by atoms with Gasteiger partial charge in [-0.25, -0.2) is 0 Å². The Morgan fingerprint density at radius 3 is 3.07 bits per heavy atom. The van der Waals surface area contributed by atoms with Crippen molar-refractivity contribution in [3.8, 4) is 17.2 Å². The summed E-state index contributed by atoms with van der Waals surface area (Å²) in [6.07, 6.45) is 0. The number of nitrogens with one attached hydrogen (secondary N) is 1. The minimum Gasteiger partial charge on any atom is -0.506 e.